The van der Waals surface area contributed by atoms with Crippen molar-refractivity contribution >= 4 is 16.7 Å². The molecule has 34 heavy (non-hydrogen) atoms. The van der Waals surface area contributed by atoms with Gasteiger partial charge in [-0.1, -0.05) is 67.6 Å². The average Bonchev–Trinajstić information content (AvgIpc) is 2.89. The molecule has 0 saturated carbocycles. The molecule has 0 spiro atoms. The molecule has 6 nitrogen and oxygen atoms in total. The van der Waals surface area contributed by atoms with E-state index in [0.29, 0.717) is 23.0 Å². The first-order valence-electron chi connectivity index (χ1n) is 11.8. The Labute approximate surface area is 198 Å². The van der Waals surface area contributed by atoms with E-state index in [1.54, 1.807) is 12.1 Å². The van der Waals surface area contributed by atoms with Gasteiger partial charge in [0, 0.05) is 31.1 Å². The normalized spacial score (nSPS) is 14.5. The Morgan fingerprint density at radius 3 is 2.38 bits per heavy atom. The standard InChI is InChI=1S/C28H28N4O2/c1-2-22(31-17-16-20-10-6-7-11-21(20)19-31)18-29-27(33)26-24-14-8-9-15-25(24)28(34)32(30-26)23-12-4-3-5-13-23/h3-15,22H,2,16-19H2,1H3,(H,29,33). The van der Waals surface area contributed by atoms with Crippen LogP contribution >= 0.6 is 0 Å². The highest BCUT2D eigenvalue weighted by Crippen LogP contribution is 2.21. The summed E-state index contributed by atoms with van der Waals surface area (Å²) in [5.41, 5.74) is 3.43. The molecule has 1 N–H and O–H groups in total. The maximum Gasteiger partial charge on any atom is 0.279 e. The lowest BCUT2D eigenvalue weighted by atomic mass is 9.98. The molecule has 172 valence electrons. The molecule has 0 fully saturated rings. The zero-order valence-electron chi connectivity index (χ0n) is 19.3. The van der Waals surface area contributed by atoms with Crippen LogP contribution in [0.4, 0.5) is 0 Å². The van der Waals surface area contributed by atoms with E-state index in [-0.39, 0.29) is 23.2 Å². The summed E-state index contributed by atoms with van der Waals surface area (Å²) in [7, 11) is 0. The van der Waals surface area contributed by atoms with Gasteiger partial charge in [0.25, 0.3) is 11.5 Å². The minimum absolute atomic E-state index is 0.226. The molecule has 3 aromatic carbocycles. The molecule has 1 atom stereocenters. The number of aromatic nitrogens is 2. The summed E-state index contributed by atoms with van der Waals surface area (Å²) < 4.78 is 1.32. The van der Waals surface area contributed by atoms with E-state index >= 15 is 0 Å². The fourth-order valence-electron chi connectivity index (χ4n) is 4.76. The van der Waals surface area contributed by atoms with Crippen molar-refractivity contribution in [2.24, 2.45) is 0 Å². The van der Waals surface area contributed by atoms with E-state index in [1.807, 2.05) is 42.5 Å². The van der Waals surface area contributed by atoms with Crippen LogP contribution in [0.25, 0.3) is 16.5 Å². The van der Waals surface area contributed by atoms with Gasteiger partial charge < -0.3 is 5.32 Å². The zero-order valence-corrected chi connectivity index (χ0v) is 19.3. The zero-order chi connectivity index (χ0) is 23.5. The van der Waals surface area contributed by atoms with Crippen LogP contribution in [-0.2, 0) is 13.0 Å². The summed E-state index contributed by atoms with van der Waals surface area (Å²) in [5, 5.41) is 8.64. The SMILES string of the molecule is CCC(CNC(=O)c1nn(-c2ccccc2)c(=O)c2ccccc12)N1CCc2ccccc2C1. The molecule has 0 saturated heterocycles. The van der Waals surface area contributed by atoms with Gasteiger partial charge in [0.1, 0.15) is 0 Å². The lowest BCUT2D eigenvalue weighted by Crippen LogP contribution is -2.46. The molecule has 2 heterocycles. The minimum Gasteiger partial charge on any atom is -0.349 e. The topological polar surface area (TPSA) is 67.2 Å². The van der Waals surface area contributed by atoms with Gasteiger partial charge in [-0.3, -0.25) is 14.5 Å². The first-order valence-corrected chi connectivity index (χ1v) is 11.8. The third-order valence-electron chi connectivity index (χ3n) is 6.67. The van der Waals surface area contributed by atoms with Crippen molar-refractivity contribution in [3.05, 3.63) is 106 Å². The van der Waals surface area contributed by atoms with Gasteiger partial charge in [0.15, 0.2) is 5.69 Å². The molecule has 4 aromatic rings. The van der Waals surface area contributed by atoms with Crippen LogP contribution in [0, 0.1) is 0 Å². The summed E-state index contributed by atoms with van der Waals surface area (Å²) in [5.74, 6) is -0.267. The van der Waals surface area contributed by atoms with E-state index in [2.05, 4.69) is 46.5 Å². The summed E-state index contributed by atoms with van der Waals surface area (Å²) in [4.78, 5) is 28.9. The first-order chi connectivity index (χ1) is 16.7. The predicted molar refractivity (Wildman–Crippen MR) is 134 cm³/mol. The Balaban J connectivity index is 1.40. The van der Waals surface area contributed by atoms with Crippen LogP contribution in [0.3, 0.4) is 0 Å². The molecule has 6 heteroatoms. The molecular formula is C28H28N4O2. The van der Waals surface area contributed by atoms with Gasteiger partial charge in [0.2, 0.25) is 0 Å². The second-order valence-corrected chi connectivity index (χ2v) is 8.71. The van der Waals surface area contributed by atoms with E-state index < -0.39 is 0 Å². The summed E-state index contributed by atoms with van der Waals surface area (Å²) >= 11 is 0. The largest absolute Gasteiger partial charge is 0.349 e. The van der Waals surface area contributed by atoms with Crippen LogP contribution in [-0.4, -0.2) is 39.7 Å². The number of benzene rings is 3. The third kappa shape index (κ3) is 4.24. The van der Waals surface area contributed by atoms with Crippen LogP contribution < -0.4 is 10.9 Å². The highest BCUT2D eigenvalue weighted by Gasteiger charge is 2.24. The molecule has 0 bridgehead atoms. The van der Waals surface area contributed by atoms with Gasteiger partial charge in [0.05, 0.1) is 11.1 Å². The second kappa shape index (κ2) is 9.61. The molecule has 1 unspecified atom stereocenters. The van der Waals surface area contributed by atoms with Crippen molar-refractivity contribution < 1.29 is 4.79 Å². The lowest BCUT2D eigenvalue weighted by Gasteiger charge is -2.35. The van der Waals surface area contributed by atoms with Gasteiger partial charge in [-0.15, -0.1) is 0 Å². The summed E-state index contributed by atoms with van der Waals surface area (Å²) in [6, 6.07) is 25.2. The number of nitrogens with one attached hydrogen (secondary N) is 1. The third-order valence-corrected chi connectivity index (χ3v) is 6.67. The first kappa shape index (κ1) is 22.0. The van der Waals surface area contributed by atoms with Crippen molar-refractivity contribution in [1.29, 1.82) is 0 Å². The summed E-state index contributed by atoms with van der Waals surface area (Å²) in [6.07, 6.45) is 1.95. The smallest absolute Gasteiger partial charge is 0.279 e. The molecule has 5 rings (SSSR count). The van der Waals surface area contributed by atoms with Crippen molar-refractivity contribution in [3.63, 3.8) is 0 Å². The number of rotatable bonds is 6. The van der Waals surface area contributed by atoms with E-state index in [0.717, 1.165) is 25.9 Å². The van der Waals surface area contributed by atoms with Gasteiger partial charge >= 0.3 is 0 Å². The fraction of sp³-hybridized carbons (Fsp3) is 0.250. The predicted octanol–water partition coefficient (Wildman–Crippen LogP) is 3.95. The average molecular weight is 453 g/mol. The molecule has 0 radical (unpaired) electrons. The number of amides is 1. The number of hydrogen-bond donors (Lipinski definition) is 1. The van der Waals surface area contributed by atoms with Crippen LogP contribution in [0.2, 0.25) is 0 Å². The maximum absolute atomic E-state index is 13.3. The number of fused-ring (bicyclic) bond motifs is 2. The number of para-hydroxylation sites is 1. The molecule has 1 aliphatic rings. The van der Waals surface area contributed by atoms with E-state index in [4.69, 9.17) is 0 Å². The molecule has 0 aliphatic carbocycles. The Morgan fingerprint density at radius 1 is 0.941 bits per heavy atom. The van der Waals surface area contributed by atoms with E-state index in [9.17, 15) is 9.59 Å². The monoisotopic (exact) mass is 452 g/mol. The number of nitrogens with zero attached hydrogens (tertiary/aromatic N) is 3. The Hall–Kier alpha value is -3.77. The van der Waals surface area contributed by atoms with E-state index in [1.165, 1.54) is 15.8 Å². The van der Waals surface area contributed by atoms with Gasteiger partial charge in [-0.2, -0.15) is 9.78 Å². The van der Waals surface area contributed by atoms with Crippen molar-refractivity contribution in [1.82, 2.24) is 20.0 Å². The lowest BCUT2D eigenvalue weighted by molar-refractivity contribution is 0.0921. The maximum atomic E-state index is 13.3. The summed E-state index contributed by atoms with van der Waals surface area (Å²) in [6.45, 7) is 4.55. The minimum atomic E-state index is -0.267. The highest BCUT2D eigenvalue weighted by molar-refractivity contribution is 6.04. The Kier molecular flexibility index (Phi) is 6.23. The van der Waals surface area contributed by atoms with Crippen molar-refractivity contribution in [2.45, 2.75) is 32.4 Å². The number of carbonyl (C=O) groups excluding carboxylic acids is 1. The second-order valence-electron chi connectivity index (χ2n) is 8.71. The molecule has 1 aromatic heterocycles. The molecule has 1 aliphatic heterocycles. The van der Waals surface area contributed by atoms with Crippen LogP contribution in [0.1, 0.15) is 35.0 Å². The fourth-order valence-corrected chi connectivity index (χ4v) is 4.76. The number of hydrogen-bond acceptors (Lipinski definition) is 4. The van der Waals surface area contributed by atoms with Crippen LogP contribution in [0.5, 0.6) is 0 Å². The number of carbonyl (C=O) groups is 1. The van der Waals surface area contributed by atoms with Gasteiger partial charge in [-0.25, -0.2) is 0 Å². The quantitative estimate of drug-likeness (QED) is 0.481. The van der Waals surface area contributed by atoms with Gasteiger partial charge in [-0.05, 0) is 42.2 Å². The highest BCUT2D eigenvalue weighted by atomic mass is 16.2. The Morgan fingerprint density at radius 2 is 1.62 bits per heavy atom. The van der Waals surface area contributed by atoms with Crippen molar-refractivity contribution in [2.75, 3.05) is 13.1 Å². The Bertz CT molecular complexity index is 1380. The van der Waals surface area contributed by atoms with Crippen LogP contribution in [0.15, 0.2) is 83.7 Å². The van der Waals surface area contributed by atoms with Crippen molar-refractivity contribution in [3.8, 4) is 5.69 Å². The molecule has 1 amide bonds. The molecular weight excluding hydrogens is 424 g/mol.